The Morgan fingerprint density at radius 2 is 2.25 bits per heavy atom. The largest absolute Gasteiger partial charge is 0.619 e. The van der Waals surface area contributed by atoms with Crippen molar-refractivity contribution in [1.82, 2.24) is 0 Å². The first-order chi connectivity index (χ1) is 7.74. The van der Waals surface area contributed by atoms with Crippen LogP contribution in [0.1, 0.15) is 43.0 Å². The van der Waals surface area contributed by atoms with E-state index in [2.05, 4.69) is 6.92 Å². The van der Waals surface area contributed by atoms with E-state index >= 15 is 0 Å². The van der Waals surface area contributed by atoms with Crippen LogP contribution in [0.3, 0.4) is 0 Å². The van der Waals surface area contributed by atoms with E-state index in [4.69, 9.17) is 4.74 Å². The van der Waals surface area contributed by atoms with Crippen molar-refractivity contribution in [1.29, 1.82) is 0 Å². The predicted octanol–water partition coefficient (Wildman–Crippen LogP) is 2.06. The third kappa shape index (κ3) is 4.29. The van der Waals surface area contributed by atoms with Crippen molar-refractivity contribution >= 4 is 5.97 Å². The molecular weight excluding hydrogens is 206 g/mol. The summed E-state index contributed by atoms with van der Waals surface area (Å²) >= 11 is 0. The molecule has 0 aromatic carbocycles. The van der Waals surface area contributed by atoms with Crippen molar-refractivity contribution in [2.24, 2.45) is 0 Å². The summed E-state index contributed by atoms with van der Waals surface area (Å²) in [7, 11) is 0. The fourth-order valence-electron chi connectivity index (χ4n) is 1.35. The number of pyridine rings is 1. The maximum absolute atomic E-state index is 11.5. The van der Waals surface area contributed by atoms with Crippen molar-refractivity contribution < 1.29 is 14.3 Å². The molecule has 0 amide bonds. The summed E-state index contributed by atoms with van der Waals surface area (Å²) in [6.07, 6.45) is 6.81. The number of unbranched alkanes of at least 4 members (excludes halogenated alkanes) is 3. The van der Waals surface area contributed by atoms with Gasteiger partial charge in [0.1, 0.15) is 5.56 Å². The second kappa shape index (κ2) is 6.82. The van der Waals surface area contributed by atoms with E-state index in [1.54, 1.807) is 6.07 Å². The molecule has 0 aliphatic heterocycles. The summed E-state index contributed by atoms with van der Waals surface area (Å²) in [5.41, 5.74) is 0.299. The fourth-order valence-corrected chi connectivity index (χ4v) is 1.35. The molecule has 4 nitrogen and oxygen atoms in total. The smallest absolute Gasteiger partial charge is 0.344 e. The monoisotopic (exact) mass is 223 g/mol. The lowest BCUT2D eigenvalue weighted by atomic mass is 10.2. The molecular formula is C12H17NO3. The van der Waals surface area contributed by atoms with E-state index in [1.807, 2.05) is 0 Å². The lowest BCUT2D eigenvalue weighted by Crippen LogP contribution is -2.26. The Balaban J connectivity index is 2.30. The molecule has 88 valence electrons. The molecule has 1 rings (SSSR count). The Morgan fingerprint density at radius 1 is 1.44 bits per heavy atom. The van der Waals surface area contributed by atoms with E-state index in [-0.39, 0.29) is 0 Å². The van der Waals surface area contributed by atoms with Crippen LogP contribution >= 0.6 is 0 Å². The molecule has 0 atom stereocenters. The highest BCUT2D eigenvalue weighted by Gasteiger charge is 2.09. The Morgan fingerprint density at radius 3 is 2.94 bits per heavy atom. The van der Waals surface area contributed by atoms with E-state index in [0.29, 0.717) is 16.9 Å². The second-order valence-corrected chi connectivity index (χ2v) is 3.65. The molecule has 0 bridgehead atoms. The summed E-state index contributed by atoms with van der Waals surface area (Å²) in [5, 5.41) is 10.9. The van der Waals surface area contributed by atoms with Gasteiger partial charge in [0.25, 0.3) is 0 Å². The van der Waals surface area contributed by atoms with Gasteiger partial charge >= 0.3 is 5.97 Å². The number of carbonyl (C=O) groups is 1. The average Bonchev–Trinajstić information content (AvgIpc) is 2.28. The number of esters is 1. The molecule has 0 unspecified atom stereocenters. The molecule has 0 aliphatic carbocycles. The van der Waals surface area contributed by atoms with Crippen molar-refractivity contribution in [3.8, 4) is 0 Å². The van der Waals surface area contributed by atoms with Gasteiger partial charge in [-0.1, -0.05) is 26.2 Å². The predicted molar refractivity (Wildman–Crippen MR) is 59.8 cm³/mol. The van der Waals surface area contributed by atoms with Crippen LogP contribution in [0.15, 0.2) is 24.5 Å². The van der Waals surface area contributed by atoms with Gasteiger partial charge < -0.3 is 9.94 Å². The third-order valence-corrected chi connectivity index (χ3v) is 2.24. The van der Waals surface area contributed by atoms with Crippen LogP contribution in [0.5, 0.6) is 0 Å². The van der Waals surface area contributed by atoms with Crippen LogP contribution in [0.2, 0.25) is 0 Å². The van der Waals surface area contributed by atoms with Gasteiger partial charge in [-0.3, -0.25) is 0 Å². The minimum Gasteiger partial charge on any atom is -0.619 e. The summed E-state index contributed by atoms with van der Waals surface area (Å²) in [5.74, 6) is -0.429. The van der Waals surface area contributed by atoms with E-state index in [1.165, 1.54) is 18.5 Å². The summed E-state index contributed by atoms with van der Waals surface area (Å²) in [6.45, 7) is 2.55. The minimum absolute atomic E-state index is 0.299. The van der Waals surface area contributed by atoms with Gasteiger partial charge in [0.15, 0.2) is 12.4 Å². The number of nitrogens with zero attached hydrogens (tertiary/aromatic N) is 1. The van der Waals surface area contributed by atoms with E-state index < -0.39 is 5.97 Å². The first-order valence-corrected chi connectivity index (χ1v) is 5.60. The first-order valence-electron chi connectivity index (χ1n) is 5.60. The van der Waals surface area contributed by atoms with Crippen molar-refractivity contribution in [3.63, 3.8) is 0 Å². The Kier molecular flexibility index (Phi) is 5.32. The molecule has 0 saturated carbocycles. The van der Waals surface area contributed by atoms with Gasteiger partial charge in [-0.15, -0.1) is 0 Å². The van der Waals surface area contributed by atoms with Crippen LogP contribution in [-0.2, 0) is 4.74 Å². The van der Waals surface area contributed by atoms with Crippen molar-refractivity contribution in [2.45, 2.75) is 32.6 Å². The van der Waals surface area contributed by atoms with Gasteiger partial charge in [-0.2, -0.15) is 4.73 Å². The standard InChI is InChI=1S/C12H17NO3/c1-2-3-4-5-9-16-12(14)11-7-6-8-13(15)10-11/h6-8,10H,2-5,9H2,1H3. The van der Waals surface area contributed by atoms with Gasteiger partial charge in [0.05, 0.1) is 6.61 Å². The molecule has 1 aromatic rings. The zero-order valence-corrected chi connectivity index (χ0v) is 9.52. The van der Waals surface area contributed by atoms with Crippen LogP contribution in [0.25, 0.3) is 0 Å². The first kappa shape index (κ1) is 12.5. The lowest BCUT2D eigenvalue weighted by Gasteiger charge is -2.04. The summed E-state index contributed by atoms with van der Waals surface area (Å²) in [6, 6.07) is 3.10. The van der Waals surface area contributed by atoms with Gasteiger partial charge in [0.2, 0.25) is 0 Å². The van der Waals surface area contributed by atoms with Gasteiger partial charge in [-0.05, 0) is 12.5 Å². The molecule has 0 saturated heterocycles. The van der Waals surface area contributed by atoms with Crippen LogP contribution in [-0.4, -0.2) is 12.6 Å². The topological polar surface area (TPSA) is 53.2 Å². The Hall–Kier alpha value is -1.58. The summed E-state index contributed by atoms with van der Waals surface area (Å²) in [4.78, 5) is 11.5. The molecule has 1 aromatic heterocycles. The van der Waals surface area contributed by atoms with Crippen molar-refractivity contribution in [3.05, 3.63) is 35.3 Å². The van der Waals surface area contributed by atoms with Crippen LogP contribution < -0.4 is 4.73 Å². The van der Waals surface area contributed by atoms with Gasteiger partial charge in [0, 0.05) is 6.07 Å². The molecule has 0 fully saturated rings. The highest BCUT2D eigenvalue weighted by atomic mass is 16.5. The van der Waals surface area contributed by atoms with Gasteiger partial charge in [-0.25, -0.2) is 4.79 Å². The van der Waals surface area contributed by atoms with Crippen LogP contribution in [0.4, 0.5) is 0 Å². The number of hydrogen-bond donors (Lipinski definition) is 0. The fraction of sp³-hybridized carbons (Fsp3) is 0.500. The number of carbonyl (C=O) groups excluding carboxylic acids is 1. The third-order valence-electron chi connectivity index (χ3n) is 2.24. The number of ether oxygens (including phenoxy) is 1. The molecule has 0 aliphatic rings. The highest BCUT2D eigenvalue weighted by Crippen LogP contribution is 2.02. The summed E-state index contributed by atoms with van der Waals surface area (Å²) < 4.78 is 5.63. The maximum atomic E-state index is 11.5. The molecule has 16 heavy (non-hydrogen) atoms. The van der Waals surface area contributed by atoms with E-state index in [0.717, 1.165) is 25.7 Å². The average molecular weight is 223 g/mol. The molecule has 0 spiro atoms. The maximum Gasteiger partial charge on any atom is 0.344 e. The zero-order valence-electron chi connectivity index (χ0n) is 9.52. The molecule has 4 heteroatoms. The van der Waals surface area contributed by atoms with E-state index in [9.17, 15) is 10.0 Å². The van der Waals surface area contributed by atoms with Crippen LogP contribution in [0, 0.1) is 5.21 Å². The lowest BCUT2D eigenvalue weighted by molar-refractivity contribution is -0.605. The Bertz CT molecular complexity index is 339. The second-order valence-electron chi connectivity index (χ2n) is 3.65. The zero-order chi connectivity index (χ0) is 11.8. The molecule has 0 N–H and O–H groups in total. The Labute approximate surface area is 95.4 Å². The minimum atomic E-state index is -0.429. The molecule has 1 heterocycles. The number of hydrogen-bond acceptors (Lipinski definition) is 3. The molecule has 0 radical (unpaired) electrons. The number of rotatable bonds is 6. The van der Waals surface area contributed by atoms with Crippen molar-refractivity contribution in [2.75, 3.05) is 6.61 Å². The highest BCUT2D eigenvalue weighted by molar-refractivity contribution is 5.88. The SMILES string of the molecule is CCCCCCOC(=O)c1ccc[n+]([O-])c1. The normalized spacial score (nSPS) is 10.1. The quantitative estimate of drug-likeness (QED) is 0.321. The number of aromatic nitrogens is 1.